The van der Waals surface area contributed by atoms with Gasteiger partial charge in [-0.25, -0.2) is 13.2 Å². The first-order chi connectivity index (χ1) is 16.7. The number of sulfonamides is 1. The summed E-state index contributed by atoms with van der Waals surface area (Å²) in [5.41, 5.74) is 2.98. The molecular weight excluding hydrogens is 468 g/mol. The molecule has 0 saturated carbocycles. The maximum atomic E-state index is 13.5. The lowest BCUT2D eigenvalue weighted by atomic mass is 10.1. The average Bonchev–Trinajstić information content (AvgIpc) is 2.84. The van der Waals surface area contributed by atoms with Crippen molar-refractivity contribution >= 4 is 33.3 Å². The molecular formula is C26H26N2O6S. The van der Waals surface area contributed by atoms with E-state index in [9.17, 15) is 18.0 Å². The Hall–Kier alpha value is -3.85. The van der Waals surface area contributed by atoms with Crippen LogP contribution in [0.15, 0.2) is 71.6 Å². The molecule has 1 aliphatic heterocycles. The highest BCUT2D eigenvalue weighted by Gasteiger charge is 2.37. The second-order valence-electron chi connectivity index (χ2n) is 8.21. The van der Waals surface area contributed by atoms with E-state index in [0.717, 1.165) is 11.1 Å². The first-order valence-corrected chi connectivity index (χ1v) is 12.6. The minimum absolute atomic E-state index is 0.130. The van der Waals surface area contributed by atoms with Crippen molar-refractivity contribution in [2.45, 2.75) is 31.8 Å². The lowest BCUT2D eigenvalue weighted by Gasteiger charge is -2.35. The van der Waals surface area contributed by atoms with Gasteiger partial charge in [0.25, 0.3) is 15.9 Å². The quantitative estimate of drug-likeness (QED) is 0.518. The van der Waals surface area contributed by atoms with Gasteiger partial charge in [0.15, 0.2) is 6.10 Å². The Morgan fingerprint density at radius 1 is 1.00 bits per heavy atom. The molecule has 0 saturated heterocycles. The molecule has 0 aromatic heterocycles. The third-order valence-corrected chi connectivity index (χ3v) is 7.34. The molecule has 1 aliphatic rings. The number of amides is 1. The molecule has 182 valence electrons. The van der Waals surface area contributed by atoms with Gasteiger partial charge in [-0.1, -0.05) is 23.8 Å². The molecule has 9 heteroatoms. The molecule has 8 nitrogen and oxygen atoms in total. The molecule has 0 spiro atoms. The number of fused-ring (bicyclic) bond motifs is 1. The molecule has 3 aromatic rings. The number of carbonyl (C=O) groups is 2. The Morgan fingerprint density at radius 3 is 2.31 bits per heavy atom. The van der Waals surface area contributed by atoms with Crippen LogP contribution in [0, 0.1) is 13.8 Å². The van der Waals surface area contributed by atoms with Gasteiger partial charge < -0.3 is 14.8 Å². The van der Waals surface area contributed by atoms with Crippen molar-refractivity contribution in [2.75, 3.05) is 22.8 Å². The first-order valence-electron chi connectivity index (χ1n) is 11.1. The van der Waals surface area contributed by atoms with Crippen LogP contribution >= 0.6 is 0 Å². The average molecular weight is 495 g/mol. The number of aryl methyl sites for hydroxylation is 2. The number of anilines is 2. The SMILES string of the molecule is CCOC(=O)c1ccc(NC(=O)C2CN(S(=O)(=O)c3ccc(C)cc3)c3ccc(C)cc3O2)cc1. The van der Waals surface area contributed by atoms with E-state index in [1.807, 2.05) is 13.8 Å². The van der Waals surface area contributed by atoms with Crippen molar-refractivity contribution in [1.82, 2.24) is 0 Å². The molecule has 1 heterocycles. The van der Waals surface area contributed by atoms with E-state index in [2.05, 4.69) is 5.32 Å². The minimum atomic E-state index is -3.94. The van der Waals surface area contributed by atoms with Crippen LogP contribution in [0.4, 0.5) is 11.4 Å². The number of hydrogen-bond acceptors (Lipinski definition) is 6. The van der Waals surface area contributed by atoms with Gasteiger partial charge in [-0.15, -0.1) is 0 Å². The maximum absolute atomic E-state index is 13.5. The Morgan fingerprint density at radius 2 is 1.66 bits per heavy atom. The number of rotatable bonds is 6. The van der Waals surface area contributed by atoms with Gasteiger partial charge in [-0.05, 0) is 74.9 Å². The van der Waals surface area contributed by atoms with E-state index in [4.69, 9.17) is 9.47 Å². The molecule has 0 radical (unpaired) electrons. The summed E-state index contributed by atoms with van der Waals surface area (Å²) < 4.78 is 39.2. The van der Waals surface area contributed by atoms with Crippen molar-refractivity contribution in [2.24, 2.45) is 0 Å². The van der Waals surface area contributed by atoms with Crippen LogP contribution in [0.2, 0.25) is 0 Å². The monoisotopic (exact) mass is 494 g/mol. The van der Waals surface area contributed by atoms with Crippen molar-refractivity contribution in [3.63, 3.8) is 0 Å². The van der Waals surface area contributed by atoms with E-state index in [0.29, 0.717) is 22.7 Å². The molecule has 3 aromatic carbocycles. The number of hydrogen-bond donors (Lipinski definition) is 1. The summed E-state index contributed by atoms with van der Waals surface area (Å²) in [6, 6.07) is 18.0. The Bertz CT molecular complexity index is 1350. The van der Waals surface area contributed by atoms with E-state index >= 15 is 0 Å². The van der Waals surface area contributed by atoms with Crippen LogP contribution in [-0.4, -0.2) is 39.5 Å². The van der Waals surface area contributed by atoms with Crippen LogP contribution in [0.25, 0.3) is 0 Å². The highest BCUT2D eigenvalue weighted by molar-refractivity contribution is 7.92. The Balaban J connectivity index is 1.60. The molecule has 1 N–H and O–H groups in total. The summed E-state index contributed by atoms with van der Waals surface area (Å²) >= 11 is 0. The summed E-state index contributed by atoms with van der Waals surface area (Å²) in [6.45, 7) is 5.52. The van der Waals surface area contributed by atoms with Crippen molar-refractivity contribution in [3.8, 4) is 5.75 Å². The van der Waals surface area contributed by atoms with Gasteiger partial charge in [0.2, 0.25) is 0 Å². The summed E-state index contributed by atoms with van der Waals surface area (Å²) in [5, 5.41) is 2.74. The largest absolute Gasteiger partial charge is 0.476 e. The molecule has 1 amide bonds. The first kappa shape index (κ1) is 24.3. The Labute approximate surface area is 204 Å². The van der Waals surface area contributed by atoms with E-state index in [-0.39, 0.29) is 18.0 Å². The topological polar surface area (TPSA) is 102 Å². The van der Waals surface area contributed by atoms with Gasteiger partial charge in [-0.3, -0.25) is 9.10 Å². The number of nitrogens with one attached hydrogen (secondary N) is 1. The van der Waals surface area contributed by atoms with Crippen LogP contribution in [0.1, 0.15) is 28.4 Å². The normalized spacial score (nSPS) is 15.1. The summed E-state index contributed by atoms with van der Waals surface area (Å²) in [7, 11) is -3.94. The Kier molecular flexibility index (Phi) is 6.79. The highest BCUT2D eigenvalue weighted by atomic mass is 32.2. The smallest absolute Gasteiger partial charge is 0.338 e. The summed E-state index contributed by atoms with van der Waals surface area (Å²) in [4.78, 5) is 25.1. The van der Waals surface area contributed by atoms with Gasteiger partial charge >= 0.3 is 5.97 Å². The molecule has 0 fully saturated rings. The number of esters is 1. The lowest BCUT2D eigenvalue weighted by molar-refractivity contribution is -0.122. The molecule has 0 bridgehead atoms. The predicted molar refractivity (Wildman–Crippen MR) is 132 cm³/mol. The fourth-order valence-electron chi connectivity index (χ4n) is 3.69. The second-order valence-corrected chi connectivity index (χ2v) is 10.1. The zero-order chi connectivity index (χ0) is 25.2. The summed E-state index contributed by atoms with van der Waals surface area (Å²) in [6.07, 6.45) is -1.09. The standard InChI is InChI=1S/C26H26N2O6S/c1-4-33-26(30)19-8-10-20(11-9-19)27-25(29)24-16-28(22-14-7-18(3)15-23(22)34-24)35(31,32)21-12-5-17(2)6-13-21/h5-15,24H,4,16H2,1-3H3,(H,27,29). The van der Waals surface area contributed by atoms with Crippen LogP contribution < -0.4 is 14.4 Å². The van der Waals surface area contributed by atoms with Gasteiger partial charge in [0, 0.05) is 5.69 Å². The third-order valence-electron chi connectivity index (χ3n) is 5.55. The second kappa shape index (κ2) is 9.79. The fourth-order valence-corrected chi connectivity index (χ4v) is 5.17. The van der Waals surface area contributed by atoms with Crippen LogP contribution in [0.3, 0.4) is 0 Å². The number of nitrogens with zero attached hydrogens (tertiary/aromatic N) is 1. The molecule has 35 heavy (non-hydrogen) atoms. The molecule has 1 unspecified atom stereocenters. The highest BCUT2D eigenvalue weighted by Crippen LogP contribution is 2.38. The molecule has 1 atom stereocenters. The minimum Gasteiger partial charge on any atom is -0.476 e. The van der Waals surface area contributed by atoms with Crippen molar-refractivity contribution in [1.29, 1.82) is 0 Å². The number of carbonyl (C=O) groups excluding carboxylic acids is 2. The zero-order valence-corrected chi connectivity index (χ0v) is 20.5. The van der Waals surface area contributed by atoms with Crippen molar-refractivity contribution in [3.05, 3.63) is 83.4 Å². The summed E-state index contributed by atoms with van der Waals surface area (Å²) in [5.74, 6) is -0.653. The van der Waals surface area contributed by atoms with E-state index in [1.165, 1.54) is 4.31 Å². The van der Waals surface area contributed by atoms with Gasteiger partial charge in [0.1, 0.15) is 5.75 Å². The van der Waals surface area contributed by atoms with E-state index < -0.39 is 28.0 Å². The predicted octanol–water partition coefficient (Wildman–Crippen LogP) is 4.08. The molecule has 0 aliphatic carbocycles. The zero-order valence-electron chi connectivity index (χ0n) is 19.6. The number of benzene rings is 3. The number of ether oxygens (including phenoxy) is 2. The van der Waals surface area contributed by atoms with Crippen LogP contribution in [-0.2, 0) is 19.6 Å². The van der Waals surface area contributed by atoms with Gasteiger partial charge in [0.05, 0.1) is 29.3 Å². The van der Waals surface area contributed by atoms with Crippen molar-refractivity contribution < 1.29 is 27.5 Å². The lowest BCUT2D eigenvalue weighted by Crippen LogP contribution is -2.48. The van der Waals surface area contributed by atoms with Crippen LogP contribution in [0.5, 0.6) is 5.75 Å². The fraction of sp³-hybridized carbons (Fsp3) is 0.231. The van der Waals surface area contributed by atoms with E-state index in [1.54, 1.807) is 73.7 Å². The third kappa shape index (κ3) is 5.14. The molecule has 4 rings (SSSR count). The maximum Gasteiger partial charge on any atom is 0.338 e. The van der Waals surface area contributed by atoms with Gasteiger partial charge in [-0.2, -0.15) is 0 Å².